The topological polar surface area (TPSA) is 107 Å². The van der Waals surface area contributed by atoms with E-state index in [-0.39, 0.29) is 12.6 Å². The summed E-state index contributed by atoms with van der Waals surface area (Å²) in [5.41, 5.74) is 1.63. The lowest BCUT2D eigenvalue weighted by atomic mass is 10.2. The minimum Gasteiger partial charge on any atom is -0.493 e. The molecule has 0 saturated carbocycles. The Morgan fingerprint density at radius 2 is 1.83 bits per heavy atom. The van der Waals surface area contributed by atoms with Gasteiger partial charge < -0.3 is 34.1 Å². The Hall–Kier alpha value is -4.05. The molecule has 3 heterocycles. The van der Waals surface area contributed by atoms with Crippen molar-refractivity contribution in [3.05, 3.63) is 48.9 Å². The van der Waals surface area contributed by atoms with Crippen LogP contribution in [0.4, 0.5) is 17.6 Å². The van der Waals surface area contributed by atoms with Crippen LogP contribution in [0, 0.1) is 0 Å². The number of aliphatic hydroxyl groups excluding tert-OH is 1. The number of anilines is 3. The van der Waals surface area contributed by atoms with Crippen LogP contribution in [-0.2, 0) is 0 Å². The van der Waals surface area contributed by atoms with Crippen LogP contribution in [0.1, 0.15) is 12.8 Å². The summed E-state index contributed by atoms with van der Waals surface area (Å²) in [6.07, 6.45) is 5.50. The second-order valence-electron chi connectivity index (χ2n) is 8.24. The summed E-state index contributed by atoms with van der Waals surface area (Å²) < 4.78 is 18.2. The maximum Gasteiger partial charge on any atom is 0.228 e. The Morgan fingerprint density at radius 3 is 2.54 bits per heavy atom. The van der Waals surface area contributed by atoms with Gasteiger partial charge in [-0.1, -0.05) is 12.1 Å². The first-order valence-electron chi connectivity index (χ1n) is 11.4. The Bertz CT molecular complexity index is 1320. The number of hydrogen-bond donors (Lipinski definition) is 2. The number of benzene rings is 2. The minimum atomic E-state index is 0.0308. The second-order valence-corrected chi connectivity index (χ2v) is 8.24. The van der Waals surface area contributed by atoms with Gasteiger partial charge in [-0.2, -0.15) is 4.98 Å². The zero-order chi connectivity index (χ0) is 24.4. The van der Waals surface area contributed by atoms with Crippen LogP contribution in [0.15, 0.2) is 48.9 Å². The first kappa shape index (κ1) is 22.7. The summed E-state index contributed by atoms with van der Waals surface area (Å²) in [6.45, 7) is 0.900. The monoisotopic (exact) mass is 476 g/mol. The smallest absolute Gasteiger partial charge is 0.228 e. The van der Waals surface area contributed by atoms with Gasteiger partial charge in [-0.15, -0.1) is 0 Å². The highest BCUT2D eigenvalue weighted by molar-refractivity contribution is 5.91. The van der Waals surface area contributed by atoms with Gasteiger partial charge in [-0.25, -0.2) is 9.97 Å². The lowest BCUT2D eigenvalue weighted by Gasteiger charge is -2.23. The number of fused-ring (bicyclic) bond motifs is 1. The van der Waals surface area contributed by atoms with Gasteiger partial charge in [0.2, 0.25) is 11.7 Å². The standard InChI is InChI=1S/C25H28N6O4/c1-33-20-11-17(12-21(34-2)23(20)35-3)30-13-22(26-15-30)28-24-18-8-4-5-9-19(18)27-25(29-24)31-10-6-7-16(31)14-32/h4-5,8-9,11-13,15-16,32H,6-7,10,14H2,1-3H3,(H,27,28,29)/t16-/m1/s1. The van der Waals surface area contributed by atoms with Gasteiger partial charge in [0.05, 0.1) is 51.4 Å². The Labute approximate surface area is 203 Å². The minimum absolute atomic E-state index is 0.0308. The van der Waals surface area contributed by atoms with E-state index >= 15 is 0 Å². The van der Waals surface area contributed by atoms with Gasteiger partial charge in [0.1, 0.15) is 18.0 Å². The largest absolute Gasteiger partial charge is 0.493 e. The molecule has 182 valence electrons. The molecule has 2 aromatic heterocycles. The number of para-hydroxylation sites is 1. The van der Waals surface area contributed by atoms with E-state index in [0.29, 0.717) is 34.8 Å². The number of methoxy groups -OCH3 is 3. The number of nitrogens with zero attached hydrogens (tertiary/aromatic N) is 5. The van der Waals surface area contributed by atoms with E-state index in [1.165, 1.54) is 0 Å². The molecule has 5 rings (SSSR count). The zero-order valence-electron chi connectivity index (χ0n) is 19.9. The molecule has 0 bridgehead atoms. The predicted molar refractivity (Wildman–Crippen MR) is 133 cm³/mol. The van der Waals surface area contributed by atoms with Crippen LogP contribution in [0.5, 0.6) is 17.2 Å². The third-order valence-electron chi connectivity index (χ3n) is 6.21. The van der Waals surface area contributed by atoms with Crippen molar-refractivity contribution in [2.75, 3.05) is 44.7 Å². The van der Waals surface area contributed by atoms with E-state index in [9.17, 15) is 5.11 Å². The number of aliphatic hydroxyl groups is 1. The van der Waals surface area contributed by atoms with Gasteiger partial charge >= 0.3 is 0 Å². The van der Waals surface area contributed by atoms with Crippen LogP contribution in [0.2, 0.25) is 0 Å². The quantitative estimate of drug-likeness (QED) is 0.395. The van der Waals surface area contributed by atoms with Crippen LogP contribution in [-0.4, -0.2) is 65.1 Å². The van der Waals surface area contributed by atoms with Crippen molar-refractivity contribution in [1.29, 1.82) is 0 Å². The fraction of sp³-hybridized carbons (Fsp3) is 0.320. The summed E-state index contributed by atoms with van der Waals surface area (Å²) >= 11 is 0. The van der Waals surface area contributed by atoms with E-state index in [1.807, 2.05) is 47.2 Å². The molecule has 2 N–H and O–H groups in total. The summed E-state index contributed by atoms with van der Waals surface area (Å²) in [7, 11) is 4.74. The summed E-state index contributed by atoms with van der Waals surface area (Å²) in [6, 6.07) is 11.6. The molecule has 1 atom stereocenters. The molecule has 0 aliphatic carbocycles. The molecule has 10 heteroatoms. The number of hydrogen-bond acceptors (Lipinski definition) is 9. The molecule has 0 unspecified atom stereocenters. The van der Waals surface area contributed by atoms with Gasteiger partial charge in [-0.05, 0) is 25.0 Å². The fourth-order valence-corrected chi connectivity index (χ4v) is 4.44. The van der Waals surface area contributed by atoms with Gasteiger partial charge in [0.25, 0.3) is 0 Å². The zero-order valence-corrected chi connectivity index (χ0v) is 19.9. The molecular weight excluding hydrogens is 448 g/mol. The Morgan fingerprint density at radius 1 is 1.06 bits per heavy atom. The van der Waals surface area contributed by atoms with E-state index < -0.39 is 0 Å². The van der Waals surface area contributed by atoms with Crippen LogP contribution < -0.4 is 24.4 Å². The van der Waals surface area contributed by atoms with E-state index in [0.717, 1.165) is 36.0 Å². The Balaban J connectivity index is 1.50. The molecule has 0 radical (unpaired) electrons. The third kappa shape index (κ3) is 4.28. The lowest BCUT2D eigenvalue weighted by Crippen LogP contribution is -2.33. The molecular formula is C25H28N6O4. The molecule has 10 nitrogen and oxygen atoms in total. The average molecular weight is 477 g/mol. The lowest BCUT2D eigenvalue weighted by molar-refractivity contribution is 0.265. The third-order valence-corrected chi connectivity index (χ3v) is 6.21. The van der Waals surface area contributed by atoms with Crippen molar-refractivity contribution in [2.45, 2.75) is 18.9 Å². The molecule has 0 spiro atoms. The molecule has 1 fully saturated rings. The average Bonchev–Trinajstić information content (AvgIpc) is 3.57. The highest BCUT2D eigenvalue weighted by Gasteiger charge is 2.27. The summed E-state index contributed by atoms with van der Waals surface area (Å²) in [5.74, 6) is 3.52. The van der Waals surface area contributed by atoms with Crippen LogP contribution in [0.25, 0.3) is 16.6 Å². The van der Waals surface area contributed by atoms with Crippen molar-refractivity contribution in [3.63, 3.8) is 0 Å². The molecule has 1 saturated heterocycles. The van der Waals surface area contributed by atoms with Crippen molar-refractivity contribution >= 4 is 28.5 Å². The number of ether oxygens (including phenoxy) is 3. The van der Waals surface area contributed by atoms with Crippen molar-refractivity contribution in [3.8, 4) is 22.9 Å². The maximum absolute atomic E-state index is 9.78. The van der Waals surface area contributed by atoms with Crippen molar-refractivity contribution < 1.29 is 19.3 Å². The number of nitrogens with one attached hydrogen (secondary N) is 1. The first-order valence-corrected chi connectivity index (χ1v) is 11.4. The van der Waals surface area contributed by atoms with Crippen molar-refractivity contribution in [2.24, 2.45) is 0 Å². The molecule has 1 aliphatic heterocycles. The molecule has 2 aromatic carbocycles. The second kappa shape index (κ2) is 9.67. The van der Waals surface area contributed by atoms with E-state index in [4.69, 9.17) is 24.2 Å². The van der Waals surface area contributed by atoms with Crippen LogP contribution in [0.3, 0.4) is 0 Å². The maximum atomic E-state index is 9.78. The highest BCUT2D eigenvalue weighted by Crippen LogP contribution is 2.39. The summed E-state index contributed by atoms with van der Waals surface area (Å²) in [5, 5.41) is 14.0. The van der Waals surface area contributed by atoms with E-state index in [1.54, 1.807) is 27.7 Å². The number of rotatable bonds is 8. The highest BCUT2D eigenvalue weighted by atomic mass is 16.5. The summed E-state index contributed by atoms with van der Waals surface area (Å²) in [4.78, 5) is 16.2. The number of imidazole rings is 1. The van der Waals surface area contributed by atoms with Crippen molar-refractivity contribution in [1.82, 2.24) is 19.5 Å². The first-order chi connectivity index (χ1) is 17.1. The Kier molecular flexibility index (Phi) is 6.28. The molecule has 1 aliphatic rings. The fourth-order valence-electron chi connectivity index (χ4n) is 4.44. The predicted octanol–water partition coefficient (Wildman–Crippen LogP) is 3.55. The SMILES string of the molecule is COc1cc(-n2cnc(Nc3nc(N4CCC[C@@H]4CO)nc4ccccc34)c2)cc(OC)c1OC. The van der Waals surface area contributed by atoms with Crippen LogP contribution >= 0.6 is 0 Å². The molecule has 35 heavy (non-hydrogen) atoms. The number of aromatic nitrogens is 4. The van der Waals surface area contributed by atoms with E-state index in [2.05, 4.69) is 15.2 Å². The van der Waals surface area contributed by atoms with Gasteiger partial charge in [0, 0.05) is 24.1 Å². The molecule has 0 amide bonds. The van der Waals surface area contributed by atoms with Gasteiger partial charge in [-0.3, -0.25) is 0 Å². The normalized spacial score (nSPS) is 15.4. The molecule has 4 aromatic rings. The van der Waals surface area contributed by atoms with Gasteiger partial charge in [0.15, 0.2) is 11.5 Å².